The van der Waals surface area contributed by atoms with E-state index in [-0.39, 0.29) is 6.10 Å². The predicted octanol–water partition coefficient (Wildman–Crippen LogP) is 2.58. The molecule has 2 aliphatic rings. The van der Waals surface area contributed by atoms with Gasteiger partial charge in [0.25, 0.3) is 0 Å². The molecule has 2 aromatic rings. The predicted molar refractivity (Wildman–Crippen MR) is 74.3 cm³/mol. The van der Waals surface area contributed by atoms with Crippen LogP contribution in [0.5, 0.6) is 5.75 Å². The van der Waals surface area contributed by atoms with Crippen LogP contribution in [-0.2, 0) is 6.54 Å². The first-order valence-electron chi connectivity index (χ1n) is 7.02. The smallest absolute Gasteiger partial charge is 0.143 e. The Balaban J connectivity index is 1.79. The molecule has 1 saturated heterocycles. The van der Waals surface area contributed by atoms with Gasteiger partial charge in [-0.05, 0) is 31.2 Å². The highest BCUT2D eigenvalue weighted by Crippen LogP contribution is 2.36. The molecule has 0 spiro atoms. The molecule has 98 valence electrons. The van der Waals surface area contributed by atoms with Crippen molar-refractivity contribution < 1.29 is 4.74 Å². The molecule has 0 amide bonds. The zero-order valence-corrected chi connectivity index (χ0v) is 10.9. The summed E-state index contributed by atoms with van der Waals surface area (Å²) in [4.78, 5) is 0. The number of nitrogens with zero attached hydrogens (tertiary/aromatic N) is 1. The summed E-state index contributed by atoms with van der Waals surface area (Å²) >= 11 is 0. The molecule has 1 aromatic carbocycles. The van der Waals surface area contributed by atoms with E-state index in [1.54, 1.807) is 0 Å². The van der Waals surface area contributed by atoms with Crippen molar-refractivity contribution in [2.24, 2.45) is 5.92 Å². The van der Waals surface area contributed by atoms with E-state index < -0.39 is 0 Å². The SMILES string of the molecule is c1ccc2c(c1)Cn1cccc1C(C1CCNC1)O2. The van der Waals surface area contributed by atoms with Gasteiger partial charge in [-0.3, -0.25) is 0 Å². The summed E-state index contributed by atoms with van der Waals surface area (Å²) in [7, 11) is 0. The van der Waals surface area contributed by atoms with Crippen LogP contribution in [0, 0.1) is 5.92 Å². The van der Waals surface area contributed by atoms with Gasteiger partial charge in [-0.15, -0.1) is 0 Å². The number of benzene rings is 1. The minimum absolute atomic E-state index is 0.175. The number of nitrogens with one attached hydrogen (secondary N) is 1. The quantitative estimate of drug-likeness (QED) is 0.846. The highest BCUT2D eigenvalue weighted by atomic mass is 16.5. The molecular weight excluding hydrogens is 236 g/mol. The van der Waals surface area contributed by atoms with Gasteiger partial charge in [0.2, 0.25) is 0 Å². The normalized spacial score (nSPS) is 25.3. The molecule has 2 atom stereocenters. The third-order valence-electron chi connectivity index (χ3n) is 4.25. The summed E-state index contributed by atoms with van der Waals surface area (Å²) in [5.74, 6) is 1.61. The zero-order valence-electron chi connectivity index (χ0n) is 10.9. The lowest BCUT2D eigenvalue weighted by Gasteiger charge is -2.23. The Morgan fingerprint density at radius 3 is 3.00 bits per heavy atom. The maximum absolute atomic E-state index is 6.36. The van der Waals surface area contributed by atoms with Gasteiger partial charge in [0.05, 0.1) is 12.2 Å². The second-order valence-corrected chi connectivity index (χ2v) is 5.46. The van der Waals surface area contributed by atoms with Crippen molar-refractivity contribution in [1.82, 2.24) is 9.88 Å². The maximum Gasteiger partial charge on any atom is 0.143 e. The maximum atomic E-state index is 6.36. The fraction of sp³-hybridized carbons (Fsp3) is 0.375. The number of rotatable bonds is 1. The third kappa shape index (κ3) is 1.85. The molecule has 3 heterocycles. The van der Waals surface area contributed by atoms with Crippen molar-refractivity contribution in [3.63, 3.8) is 0 Å². The van der Waals surface area contributed by atoms with Crippen LogP contribution >= 0.6 is 0 Å². The summed E-state index contributed by atoms with van der Waals surface area (Å²) < 4.78 is 8.69. The third-order valence-corrected chi connectivity index (χ3v) is 4.25. The fourth-order valence-corrected chi connectivity index (χ4v) is 3.23. The minimum atomic E-state index is 0.175. The number of fused-ring (bicyclic) bond motifs is 2. The first-order chi connectivity index (χ1) is 9.42. The molecule has 0 aliphatic carbocycles. The lowest BCUT2D eigenvalue weighted by Crippen LogP contribution is -2.22. The van der Waals surface area contributed by atoms with Gasteiger partial charge in [0.1, 0.15) is 11.9 Å². The molecular formula is C16H18N2O. The van der Waals surface area contributed by atoms with Gasteiger partial charge < -0.3 is 14.6 Å². The van der Waals surface area contributed by atoms with Gasteiger partial charge in [-0.1, -0.05) is 18.2 Å². The van der Waals surface area contributed by atoms with Gasteiger partial charge in [0.15, 0.2) is 0 Å². The summed E-state index contributed by atoms with van der Waals surface area (Å²) in [6.45, 7) is 3.07. The monoisotopic (exact) mass is 254 g/mol. The number of aromatic nitrogens is 1. The Morgan fingerprint density at radius 2 is 2.11 bits per heavy atom. The van der Waals surface area contributed by atoms with Crippen molar-refractivity contribution >= 4 is 0 Å². The summed E-state index contributed by atoms with van der Waals surface area (Å²) in [6, 6.07) is 12.7. The van der Waals surface area contributed by atoms with Crippen molar-refractivity contribution in [2.45, 2.75) is 19.1 Å². The number of hydrogen-bond donors (Lipinski definition) is 1. The average Bonchev–Trinajstić information content (AvgIpc) is 3.08. The standard InChI is InChI=1S/C16H18N2O/c1-2-6-15-13(4-1)11-18-9-3-5-14(18)16(19-15)12-7-8-17-10-12/h1-6,9,12,16-17H,7-8,10-11H2. The minimum Gasteiger partial charge on any atom is -0.484 e. The molecule has 3 nitrogen and oxygen atoms in total. The van der Waals surface area contributed by atoms with Crippen LogP contribution in [0.15, 0.2) is 42.6 Å². The molecule has 1 N–H and O–H groups in total. The van der Waals surface area contributed by atoms with Gasteiger partial charge >= 0.3 is 0 Å². The Labute approximate surface area is 113 Å². The van der Waals surface area contributed by atoms with Crippen LogP contribution in [0.1, 0.15) is 23.8 Å². The molecule has 2 unspecified atom stereocenters. The van der Waals surface area contributed by atoms with Crippen molar-refractivity contribution in [2.75, 3.05) is 13.1 Å². The molecule has 19 heavy (non-hydrogen) atoms. The highest BCUT2D eigenvalue weighted by Gasteiger charge is 2.32. The Hall–Kier alpha value is -1.74. The Morgan fingerprint density at radius 1 is 1.16 bits per heavy atom. The molecule has 3 heteroatoms. The van der Waals surface area contributed by atoms with Crippen LogP contribution < -0.4 is 10.1 Å². The van der Waals surface area contributed by atoms with E-state index >= 15 is 0 Å². The van der Waals surface area contributed by atoms with E-state index in [1.165, 1.54) is 17.7 Å². The van der Waals surface area contributed by atoms with Gasteiger partial charge in [-0.25, -0.2) is 0 Å². The van der Waals surface area contributed by atoms with Crippen LogP contribution in [0.2, 0.25) is 0 Å². The van der Waals surface area contributed by atoms with Crippen LogP contribution in [-0.4, -0.2) is 17.7 Å². The van der Waals surface area contributed by atoms with Crippen LogP contribution in [0.4, 0.5) is 0 Å². The largest absolute Gasteiger partial charge is 0.484 e. The first kappa shape index (κ1) is 11.1. The van der Waals surface area contributed by atoms with E-state index in [0.29, 0.717) is 5.92 Å². The second kappa shape index (κ2) is 4.42. The summed E-state index contributed by atoms with van der Waals surface area (Å²) in [5, 5.41) is 3.45. The van der Waals surface area contributed by atoms with Crippen molar-refractivity contribution in [1.29, 1.82) is 0 Å². The lowest BCUT2D eigenvalue weighted by molar-refractivity contribution is 0.141. The molecule has 4 rings (SSSR count). The van der Waals surface area contributed by atoms with Gasteiger partial charge in [0, 0.05) is 24.2 Å². The fourth-order valence-electron chi connectivity index (χ4n) is 3.23. The average molecular weight is 254 g/mol. The Kier molecular flexibility index (Phi) is 2.59. The molecule has 0 saturated carbocycles. The van der Waals surface area contributed by atoms with Crippen LogP contribution in [0.25, 0.3) is 0 Å². The van der Waals surface area contributed by atoms with E-state index in [1.807, 2.05) is 0 Å². The van der Waals surface area contributed by atoms with E-state index in [4.69, 9.17) is 4.74 Å². The summed E-state index contributed by atoms with van der Waals surface area (Å²) in [5.41, 5.74) is 2.58. The topological polar surface area (TPSA) is 26.2 Å². The van der Waals surface area contributed by atoms with Gasteiger partial charge in [-0.2, -0.15) is 0 Å². The molecule has 0 radical (unpaired) electrons. The molecule has 0 bridgehead atoms. The van der Waals surface area contributed by atoms with Crippen LogP contribution in [0.3, 0.4) is 0 Å². The number of ether oxygens (including phenoxy) is 1. The van der Waals surface area contributed by atoms with Crippen molar-refractivity contribution in [3.8, 4) is 5.75 Å². The molecule has 1 fully saturated rings. The second-order valence-electron chi connectivity index (χ2n) is 5.46. The highest BCUT2D eigenvalue weighted by molar-refractivity contribution is 5.36. The number of para-hydroxylation sites is 1. The van der Waals surface area contributed by atoms with E-state index in [9.17, 15) is 0 Å². The lowest BCUT2D eigenvalue weighted by atomic mass is 9.99. The van der Waals surface area contributed by atoms with E-state index in [0.717, 1.165) is 25.4 Å². The van der Waals surface area contributed by atoms with Crippen molar-refractivity contribution in [3.05, 3.63) is 53.9 Å². The Bertz CT molecular complexity index is 584. The van der Waals surface area contributed by atoms with E-state index in [2.05, 4.69) is 52.5 Å². The zero-order chi connectivity index (χ0) is 12.7. The number of hydrogen-bond acceptors (Lipinski definition) is 2. The molecule has 1 aromatic heterocycles. The summed E-state index contributed by atoms with van der Waals surface area (Å²) in [6.07, 6.45) is 3.53. The first-order valence-corrected chi connectivity index (χ1v) is 7.02. The molecule has 2 aliphatic heterocycles.